The molecule has 3 heteroatoms. The predicted molar refractivity (Wildman–Crippen MR) is 11.8 cm³/mol. The van der Waals surface area contributed by atoms with Gasteiger partial charge in [0.2, 0.25) is 0 Å². The molecule has 0 aromatic carbocycles. The van der Waals surface area contributed by atoms with Crippen LogP contribution < -0.4 is 56.5 Å². The van der Waals surface area contributed by atoms with Gasteiger partial charge in [-0.3, -0.25) is 0 Å². The second-order valence-corrected chi connectivity index (χ2v) is 0.645. The van der Waals surface area contributed by atoms with E-state index in [2.05, 4.69) is 0 Å². The minimum atomic E-state index is 0. The van der Waals surface area contributed by atoms with Crippen molar-refractivity contribution in [2.75, 3.05) is 0 Å². The van der Waals surface area contributed by atoms with Crippen LogP contribution in [0, 0.1) is 0 Å². The third-order valence-corrected chi connectivity index (χ3v) is 0. The molecule has 0 aromatic rings. The quantitative estimate of drug-likeness (QED) is 0.357. The Balaban J connectivity index is 0. The maximum absolute atomic E-state index is 8.81. The second-order valence-electron chi connectivity index (χ2n) is 0.0962. The van der Waals surface area contributed by atoms with Crippen molar-refractivity contribution in [2.45, 2.75) is 0 Å². The van der Waals surface area contributed by atoms with E-state index < -0.39 is 0 Å². The van der Waals surface area contributed by atoms with Gasteiger partial charge in [0.1, 0.15) is 0 Å². The van der Waals surface area contributed by atoms with Crippen molar-refractivity contribution in [3.63, 3.8) is 0 Å². The van der Waals surface area contributed by atoms with Gasteiger partial charge in [-0.1, -0.05) is 0 Å². The van der Waals surface area contributed by atoms with Crippen molar-refractivity contribution in [2.24, 2.45) is 0 Å². The van der Waals surface area contributed by atoms with Gasteiger partial charge < -0.3 is 0 Å². The maximum atomic E-state index is 8.81. The van der Waals surface area contributed by atoms with Gasteiger partial charge >= 0.3 is 82.6 Å². The van der Waals surface area contributed by atoms with Crippen molar-refractivity contribution in [1.29, 1.82) is 0 Å². The first-order chi connectivity index (χ1) is 1.41. The molecule has 0 bridgehead atoms. The van der Waals surface area contributed by atoms with E-state index in [0.717, 1.165) is 4.24 Å². The van der Waals surface area contributed by atoms with Crippen molar-refractivity contribution in [3.8, 4) is 0 Å². The Morgan fingerprint density at radius 2 is 1.75 bits per heavy atom. The molecule has 0 spiro atoms. The zero-order valence-corrected chi connectivity index (χ0v) is 7.85. The fraction of sp³-hybridized carbons (Fsp3) is 0. The zero-order valence-electron chi connectivity index (χ0n) is 2.39. The summed E-state index contributed by atoms with van der Waals surface area (Å²) < 4.78 is 0.760. The SMILES string of the molecule is [K+].[O-]C=[Te]. The van der Waals surface area contributed by atoms with Gasteiger partial charge in [-0.2, -0.15) is 0 Å². The Hall–Kier alpha value is 2.10. The number of hydrogen-bond donors (Lipinski definition) is 0. The first-order valence-electron chi connectivity index (χ1n) is 0.471. The molecule has 0 saturated heterocycles. The normalized spacial score (nSPS) is 3.00. The topological polar surface area (TPSA) is 23.1 Å². The van der Waals surface area contributed by atoms with Crippen LogP contribution in [-0.2, 0) is 0 Å². The van der Waals surface area contributed by atoms with E-state index in [1.54, 1.807) is 0 Å². The first kappa shape index (κ1) is 9.44. The van der Waals surface area contributed by atoms with Crippen LogP contribution in [0.15, 0.2) is 0 Å². The summed E-state index contributed by atoms with van der Waals surface area (Å²) in [6.45, 7) is 0. The molecular weight excluding hydrogens is 195 g/mol. The van der Waals surface area contributed by atoms with Crippen LogP contribution in [-0.4, -0.2) is 26.1 Å². The van der Waals surface area contributed by atoms with E-state index in [1.165, 1.54) is 21.8 Å². The van der Waals surface area contributed by atoms with E-state index >= 15 is 0 Å². The minimum absolute atomic E-state index is 0. The Morgan fingerprint density at radius 1 is 1.75 bits per heavy atom. The molecule has 0 unspecified atom stereocenters. The fourth-order valence-corrected chi connectivity index (χ4v) is 0. The fourth-order valence-electron chi connectivity index (χ4n) is 0. The second kappa shape index (κ2) is 8.92. The summed E-state index contributed by atoms with van der Waals surface area (Å²) >= 11 is 1.39. The van der Waals surface area contributed by atoms with Crippen LogP contribution in [0.25, 0.3) is 0 Å². The molecule has 0 atom stereocenters. The number of rotatable bonds is 0. The van der Waals surface area contributed by atoms with Gasteiger partial charge in [-0.25, -0.2) is 0 Å². The van der Waals surface area contributed by atoms with Gasteiger partial charge in [0.25, 0.3) is 0 Å². The molecule has 0 fully saturated rings. The molecule has 0 heterocycles. The Morgan fingerprint density at radius 3 is 1.75 bits per heavy atom. The third-order valence-electron chi connectivity index (χ3n) is 0. The van der Waals surface area contributed by atoms with Crippen molar-refractivity contribution < 1.29 is 56.5 Å². The summed E-state index contributed by atoms with van der Waals surface area (Å²) in [7, 11) is 0. The molecule has 18 valence electrons. The molecule has 0 N–H and O–H groups in total. The molecule has 0 saturated carbocycles. The molecule has 0 aromatic heterocycles. The Labute approximate surface area is 80.6 Å². The Bertz CT molecular complexity index is 15.5. The molecule has 0 amide bonds. The summed E-state index contributed by atoms with van der Waals surface area (Å²) in [5, 5.41) is 8.81. The molecule has 0 radical (unpaired) electrons. The summed E-state index contributed by atoms with van der Waals surface area (Å²) in [5.41, 5.74) is 0. The van der Waals surface area contributed by atoms with E-state index in [4.69, 9.17) is 5.11 Å². The molecule has 0 aliphatic rings. The Kier molecular flexibility index (Phi) is 21.0. The van der Waals surface area contributed by atoms with E-state index in [1.807, 2.05) is 0 Å². The molecule has 0 aliphatic carbocycles. The first-order valence-corrected chi connectivity index (χ1v) is 1.82. The van der Waals surface area contributed by atoms with E-state index in [0.29, 0.717) is 0 Å². The van der Waals surface area contributed by atoms with Crippen LogP contribution in [0.1, 0.15) is 0 Å². The van der Waals surface area contributed by atoms with Gasteiger partial charge in [0, 0.05) is 0 Å². The van der Waals surface area contributed by atoms with Crippen LogP contribution in [0.3, 0.4) is 0 Å². The molecule has 4 heavy (non-hydrogen) atoms. The van der Waals surface area contributed by atoms with Gasteiger partial charge in [0.05, 0.1) is 0 Å². The number of hydrogen-bond acceptors (Lipinski definition) is 1. The standard InChI is InChI=1S/CH2OTe.K/c2-1-3;/h1H,(H,2,3);/q;+1/p-1. The predicted octanol–water partition coefficient (Wildman–Crippen LogP) is -4.72. The summed E-state index contributed by atoms with van der Waals surface area (Å²) in [6, 6.07) is 0. The van der Waals surface area contributed by atoms with Crippen LogP contribution in [0.4, 0.5) is 0 Å². The molecule has 1 nitrogen and oxygen atoms in total. The summed E-state index contributed by atoms with van der Waals surface area (Å²) in [5.74, 6) is 0. The van der Waals surface area contributed by atoms with E-state index in [9.17, 15) is 0 Å². The summed E-state index contributed by atoms with van der Waals surface area (Å²) in [4.78, 5) is 0. The third kappa shape index (κ3) is 8.94. The molecule has 0 aliphatic heterocycles. The van der Waals surface area contributed by atoms with Crippen molar-refractivity contribution in [3.05, 3.63) is 0 Å². The van der Waals surface area contributed by atoms with Crippen molar-refractivity contribution >= 4 is 26.1 Å². The van der Waals surface area contributed by atoms with Crippen LogP contribution in [0.5, 0.6) is 0 Å². The van der Waals surface area contributed by atoms with Gasteiger partial charge in [-0.05, 0) is 0 Å². The van der Waals surface area contributed by atoms with E-state index in [-0.39, 0.29) is 51.4 Å². The van der Waals surface area contributed by atoms with Gasteiger partial charge in [0.15, 0.2) is 0 Å². The molecule has 0 rings (SSSR count). The summed E-state index contributed by atoms with van der Waals surface area (Å²) in [6.07, 6.45) is 0. The van der Waals surface area contributed by atoms with Crippen molar-refractivity contribution in [1.82, 2.24) is 0 Å². The monoisotopic (exact) mass is 198 g/mol. The van der Waals surface area contributed by atoms with Crippen LogP contribution in [0.2, 0.25) is 0 Å². The average Bonchev–Trinajstić information content (AvgIpc) is 0.918. The van der Waals surface area contributed by atoms with Gasteiger partial charge in [-0.15, -0.1) is 0 Å². The molecular formula is CHKOTe. The van der Waals surface area contributed by atoms with Crippen LogP contribution >= 0.6 is 0 Å². The average molecular weight is 196 g/mol. The zero-order chi connectivity index (χ0) is 2.71.